The van der Waals surface area contributed by atoms with Gasteiger partial charge in [0.25, 0.3) is 0 Å². The molecule has 2 aliphatic rings. The van der Waals surface area contributed by atoms with Crippen LogP contribution in [0.25, 0.3) is 0 Å². The molecule has 3 heterocycles. The van der Waals surface area contributed by atoms with Gasteiger partial charge in [0, 0.05) is 32.7 Å². The van der Waals surface area contributed by atoms with E-state index in [0.29, 0.717) is 13.1 Å². The van der Waals surface area contributed by atoms with Gasteiger partial charge < -0.3 is 10.0 Å². The molecule has 8 heteroatoms. The summed E-state index contributed by atoms with van der Waals surface area (Å²) in [7, 11) is 0. The fourth-order valence-corrected chi connectivity index (χ4v) is 3.14. The number of likely N-dealkylation sites (tertiary alicyclic amines) is 1. The lowest BCUT2D eigenvalue weighted by Gasteiger charge is -2.36. The summed E-state index contributed by atoms with van der Waals surface area (Å²) in [6.45, 7) is 5.93. The van der Waals surface area contributed by atoms with Crippen molar-refractivity contribution in [2.45, 2.75) is 25.5 Å². The molecule has 2 N–H and O–H groups in total. The van der Waals surface area contributed by atoms with Crippen LogP contribution >= 0.6 is 0 Å². The number of β-amino-alcohol motifs (C(OH)–C–C–N with tert-alkyl or cyclic N) is 1. The molecule has 0 saturated carbocycles. The third kappa shape index (κ3) is 4.02. The molecule has 122 valence electrons. The first-order chi connectivity index (χ1) is 10.7. The van der Waals surface area contributed by atoms with Crippen LogP contribution in [-0.4, -0.2) is 92.8 Å². The standard InChI is InChI=1S/C14H24N6O2/c21-12-2-1-3-19(8-12)10-14(22)20-6-4-18(5-7-20)9-13-15-11-16-17-13/h11-12,21H,1-10H2,(H,15,16,17). The van der Waals surface area contributed by atoms with Gasteiger partial charge in [0.05, 0.1) is 19.2 Å². The van der Waals surface area contributed by atoms with E-state index in [4.69, 9.17) is 0 Å². The Hall–Kier alpha value is -1.51. The van der Waals surface area contributed by atoms with Crippen LogP contribution in [0, 0.1) is 0 Å². The van der Waals surface area contributed by atoms with Crippen LogP contribution in [0.3, 0.4) is 0 Å². The monoisotopic (exact) mass is 308 g/mol. The molecular formula is C14H24N6O2. The van der Waals surface area contributed by atoms with Crippen molar-refractivity contribution in [1.82, 2.24) is 29.9 Å². The number of carbonyl (C=O) groups is 1. The van der Waals surface area contributed by atoms with Crippen molar-refractivity contribution in [1.29, 1.82) is 0 Å². The van der Waals surface area contributed by atoms with Gasteiger partial charge >= 0.3 is 0 Å². The van der Waals surface area contributed by atoms with Crippen molar-refractivity contribution in [2.24, 2.45) is 0 Å². The number of rotatable bonds is 4. The Morgan fingerprint density at radius 2 is 2.09 bits per heavy atom. The molecule has 2 fully saturated rings. The Morgan fingerprint density at radius 1 is 1.27 bits per heavy atom. The minimum Gasteiger partial charge on any atom is -0.392 e. The Bertz CT molecular complexity index is 472. The van der Waals surface area contributed by atoms with E-state index in [2.05, 4.69) is 25.0 Å². The van der Waals surface area contributed by atoms with Crippen LogP contribution < -0.4 is 0 Å². The van der Waals surface area contributed by atoms with E-state index in [1.165, 1.54) is 6.33 Å². The van der Waals surface area contributed by atoms with Crippen LogP contribution in [0.15, 0.2) is 6.33 Å². The molecule has 0 radical (unpaired) electrons. The van der Waals surface area contributed by atoms with Crippen LogP contribution in [0.5, 0.6) is 0 Å². The number of nitrogens with one attached hydrogen (secondary N) is 1. The van der Waals surface area contributed by atoms with Crippen molar-refractivity contribution in [2.75, 3.05) is 45.8 Å². The average molecular weight is 308 g/mol. The Kier molecular flexibility index (Phi) is 5.01. The molecule has 1 aromatic rings. The zero-order valence-corrected chi connectivity index (χ0v) is 12.8. The van der Waals surface area contributed by atoms with E-state index in [1.807, 2.05) is 4.90 Å². The second-order valence-corrected chi connectivity index (χ2v) is 6.12. The molecular weight excluding hydrogens is 284 g/mol. The zero-order chi connectivity index (χ0) is 15.4. The quantitative estimate of drug-likeness (QED) is 0.734. The summed E-state index contributed by atoms with van der Waals surface area (Å²) in [5.41, 5.74) is 0. The van der Waals surface area contributed by atoms with Gasteiger partial charge in [0.2, 0.25) is 5.91 Å². The van der Waals surface area contributed by atoms with Gasteiger partial charge in [-0.1, -0.05) is 0 Å². The molecule has 1 aromatic heterocycles. The number of amides is 1. The molecule has 0 spiro atoms. The van der Waals surface area contributed by atoms with Gasteiger partial charge in [-0.25, -0.2) is 4.98 Å². The van der Waals surface area contributed by atoms with E-state index in [1.54, 1.807) is 0 Å². The number of hydrogen-bond donors (Lipinski definition) is 2. The topological polar surface area (TPSA) is 88.6 Å². The summed E-state index contributed by atoms with van der Waals surface area (Å²) in [4.78, 5) is 22.7. The maximum absolute atomic E-state index is 12.4. The van der Waals surface area contributed by atoms with Crippen molar-refractivity contribution in [3.63, 3.8) is 0 Å². The number of aliphatic hydroxyl groups excluding tert-OH is 1. The van der Waals surface area contributed by atoms with E-state index in [-0.39, 0.29) is 12.0 Å². The van der Waals surface area contributed by atoms with E-state index in [0.717, 1.165) is 57.9 Å². The summed E-state index contributed by atoms with van der Waals surface area (Å²) >= 11 is 0. The zero-order valence-electron chi connectivity index (χ0n) is 12.8. The second kappa shape index (κ2) is 7.17. The molecule has 0 aromatic carbocycles. The SMILES string of the molecule is O=C(CN1CCCC(O)C1)N1CCN(Cc2ncn[nH]2)CC1. The number of aromatic amines is 1. The number of piperidine rings is 1. The number of hydrogen-bond acceptors (Lipinski definition) is 6. The summed E-state index contributed by atoms with van der Waals surface area (Å²) in [5, 5.41) is 16.4. The maximum atomic E-state index is 12.4. The number of carbonyl (C=O) groups excluding carboxylic acids is 1. The number of nitrogens with zero attached hydrogens (tertiary/aromatic N) is 5. The summed E-state index contributed by atoms with van der Waals surface area (Å²) < 4.78 is 0. The Balaban J connectivity index is 1.41. The van der Waals surface area contributed by atoms with Crippen LogP contribution in [-0.2, 0) is 11.3 Å². The predicted octanol–water partition coefficient (Wildman–Crippen LogP) is -1.09. The molecule has 2 saturated heterocycles. The average Bonchev–Trinajstić information content (AvgIpc) is 3.01. The van der Waals surface area contributed by atoms with Crippen LogP contribution in [0.4, 0.5) is 0 Å². The first-order valence-corrected chi connectivity index (χ1v) is 7.95. The highest BCUT2D eigenvalue weighted by Crippen LogP contribution is 2.11. The van der Waals surface area contributed by atoms with Gasteiger partial charge in [-0.15, -0.1) is 0 Å². The van der Waals surface area contributed by atoms with Gasteiger partial charge in [-0.05, 0) is 19.4 Å². The molecule has 3 rings (SSSR count). The molecule has 22 heavy (non-hydrogen) atoms. The summed E-state index contributed by atoms with van der Waals surface area (Å²) in [5.74, 6) is 1.04. The number of aliphatic hydroxyl groups is 1. The van der Waals surface area contributed by atoms with E-state index in [9.17, 15) is 9.90 Å². The molecule has 2 aliphatic heterocycles. The Labute approximate surface area is 130 Å². The smallest absolute Gasteiger partial charge is 0.236 e. The van der Waals surface area contributed by atoms with Gasteiger partial charge in [0.15, 0.2) is 0 Å². The fraction of sp³-hybridized carbons (Fsp3) is 0.786. The fourth-order valence-electron chi connectivity index (χ4n) is 3.14. The van der Waals surface area contributed by atoms with E-state index < -0.39 is 0 Å². The third-order valence-electron chi connectivity index (χ3n) is 4.40. The normalized spacial score (nSPS) is 24.6. The summed E-state index contributed by atoms with van der Waals surface area (Å²) in [6, 6.07) is 0. The molecule has 0 aliphatic carbocycles. The lowest BCUT2D eigenvalue weighted by Crippen LogP contribution is -2.52. The highest BCUT2D eigenvalue weighted by molar-refractivity contribution is 5.78. The van der Waals surface area contributed by atoms with E-state index >= 15 is 0 Å². The minimum atomic E-state index is -0.277. The number of aromatic nitrogens is 3. The third-order valence-corrected chi connectivity index (χ3v) is 4.40. The van der Waals surface area contributed by atoms with Crippen LogP contribution in [0.2, 0.25) is 0 Å². The highest BCUT2D eigenvalue weighted by Gasteiger charge is 2.25. The van der Waals surface area contributed by atoms with Gasteiger partial charge in [0.1, 0.15) is 12.2 Å². The lowest BCUT2D eigenvalue weighted by atomic mass is 10.1. The molecule has 8 nitrogen and oxygen atoms in total. The van der Waals surface area contributed by atoms with Gasteiger partial charge in [-0.2, -0.15) is 5.10 Å². The van der Waals surface area contributed by atoms with Crippen molar-refractivity contribution < 1.29 is 9.90 Å². The van der Waals surface area contributed by atoms with Crippen molar-refractivity contribution >= 4 is 5.91 Å². The van der Waals surface area contributed by atoms with Crippen molar-refractivity contribution in [3.8, 4) is 0 Å². The maximum Gasteiger partial charge on any atom is 0.236 e. The minimum absolute atomic E-state index is 0.174. The summed E-state index contributed by atoms with van der Waals surface area (Å²) in [6.07, 6.45) is 3.06. The molecule has 0 bridgehead atoms. The molecule has 1 amide bonds. The number of H-pyrrole nitrogens is 1. The second-order valence-electron chi connectivity index (χ2n) is 6.12. The molecule has 1 unspecified atom stereocenters. The Morgan fingerprint density at radius 3 is 2.77 bits per heavy atom. The highest BCUT2D eigenvalue weighted by atomic mass is 16.3. The first-order valence-electron chi connectivity index (χ1n) is 7.95. The van der Waals surface area contributed by atoms with Crippen molar-refractivity contribution in [3.05, 3.63) is 12.2 Å². The largest absolute Gasteiger partial charge is 0.392 e. The van der Waals surface area contributed by atoms with Gasteiger partial charge in [-0.3, -0.25) is 19.7 Å². The predicted molar refractivity (Wildman–Crippen MR) is 79.9 cm³/mol. The first kappa shape index (κ1) is 15.4. The molecule has 1 atom stereocenters. The van der Waals surface area contributed by atoms with Crippen LogP contribution in [0.1, 0.15) is 18.7 Å². The lowest BCUT2D eigenvalue weighted by molar-refractivity contribution is -0.134. The number of piperazine rings is 1.